The number of nitrogens with one attached hydrogen (secondary N) is 1. The molecule has 0 spiro atoms. The normalized spacial score (nSPS) is 29.5. The summed E-state index contributed by atoms with van der Waals surface area (Å²) in [6, 6.07) is 6.45. The molecule has 1 aliphatic heterocycles. The molecule has 2 heteroatoms. The number of benzene rings is 1. The van der Waals surface area contributed by atoms with Gasteiger partial charge in [0.25, 0.3) is 0 Å². The summed E-state index contributed by atoms with van der Waals surface area (Å²) < 4.78 is 1.19. The average Bonchev–Trinajstić information content (AvgIpc) is 2.22. The standard InChI is InChI=1S/C13H18BrN/c1-4-13(3)9(2)8-10-6-5-7-11(14)12(10)15-13/h5-7,9,15H,4,8H2,1-3H3. The van der Waals surface area contributed by atoms with Gasteiger partial charge >= 0.3 is 0 Å². The first-order valence-corrected chi connectivity index (χ1v) is 6.41. The van der Waals surface area contributed by atoms with Crippen molar-refractivity contribution in [3.63, 3.8) is 0 Å². The lowest BCUT2D eigenvalue weighted by molar-refractivity contribution is 0.323. The van der Waals surface area contributed by atoms with Gasteiger partial charge in [0, 0.05) is 10.0 Å². The molecule has 1 aromatic rings. The van der Waals surface area contributed by atoms with Crippen LogP contribution in [0.25, 0.3) is 0 Å². The van der Waals surface area contributed by atoms with Crippen LogP contribution in [0.3, 0.4) is 0 Å². The van der Waals surface area contributed by atoms with E-state index in [0.29, 0.717) is 5.92 Å². The third-order valence-corrected chi connectivity index (χ3v) is 4.52. The zero-order valence-electron chi connectivity index (χ0n) is 9.60. The Morgan fingerprint density at radius 3 is 2.93 bits per heavy atom. The number of hydrogen-bond acceptors (Lipinski definition) is 1. The highest BCUT2D eigenvalue weighted by Gasteiger charge is 2.34. The summed E-state index contributed by atoms with van der Waals surface area (Å²) in [5, 5.41) is 3.69. The van der Waals surface area contributed by atoms with E-state index in [1.165, 1.54) is 22.1 Å². The van der Waals surface area contributed by atoms with E-state index in [1.54, 1.807) is 0 Å². The lowest BCUT2D eigenvalue weighted by Crippen LogP contribution is -2.45. The highest BCUT2D eigenvalue weighted by Crippen LogP contribution is 2.40. The van der Waals surface area contributed by atoms with Crippen LogP contribution in [-0.4, -0.2) is 5.54 Å². The molecule has 2 rings (SSSR count). The Hall–Kier alpha value is -0.500. The molecule has 2 unspecified atom stereocenters. The number of halogens is 1. The van der Waals surface area contributed by atoms with Crippen molar-refractivity contribution in [2.45, 2.75) is 39.2 Å². The molecule has 0 saturated heterocycles. The number of fused-ring (bicyclic) bond motifs is 1. The second kappa shape index (κ2) is 3.82. The van der Waals surface area contributed by atoms with E-state index in [2.05, 4.69) is 60.2 Å². The van der Waals surface area contributed by atoms with Crippen LogP contribution in [0, 0.1) is 5.92 Å². The molecule has 1 nitrogen and oxygen atoms in total. The van der Waals surface area contributed by atoms with Gasteiger partial charge in [-0.3, -0.25) is 0 Å². The van der Waals surface area contributed by atoms with Gasteiger partial charge in [-0.1, -0.05) is 26.0 Å². The predicted octanol–water partition coefficient (Wildman–Crippen LogP) is 4.22. The third-order valence-electron chi connectivity index (χ3n) is 3.86. The topological polar surface area (TPSA) is 12.0 Å². The molecule has 0 bridgehead atoms. The van der Waals surface area contributed by atoms with Crippen molar-refractivity contribution in [2.75, 3.05) is 5.32 Å². The van der Waals surface area contributed by atoms with Crippen LogP contribution in [-0.2, 0) is 6.42 Å². The lowest BCUT2D eigenvalue weighted by Gasteiger charge is -2.42. The van der Waals surface area contributed by atoms with E-state index in [9.17, 15) is 0 Å². The molecule has 1 aliphatic rings. The first-order chi connectivity index (χ1) is 7.07. The molecule has 0 amide bonds. The van der Waals surface area contributed by atoms with Crippen molar-refractivity contribution in [1.29, 1.82) is 0 Å². The van der Waals surface area contributed by atoms with Crippen molar-refractivity contribution in [1.82, 2.24) is 0 Å². The maximum Gasteiger partial charge on any atom is 0.0521 e. The largest absolute Gasteiger partial charge is 0.378 e. The molecule has 0 aromatic heterocycles. The van der Waals surface area contributed by atoms with Gasteiger partial charge < -0.3 is 5.32 Å². The van der Waals surface area contributed by atoms with E-state index >= 15 is 0 Å². The molecule has 0 aliphatic carbocycles. The Morgan fingerprint density at radius 1 is 1.53 bits per heavy atom. The zero-order valence-corrected chi connectivity index (χ0v) is 11.2. The fourth-order valence-corrected chi connectivity index (χ4v) is 2.79. The van der Waals surface area contributed by atoms with Gasteiger partial charge in [-0.2, -0.15) is 0 Å². The van der Waals surface area contributed by atoms with E-state index < -0.39 is 0 Å². The smallest absolute Gasteiger partial charge is 0.0521 e. The quantitative estimate of drug-likeness (QED) is 0.804. The Bertz CT molecular complexity index is 375. The van der Waals surface area contributed by atoms with Crippen LogP contribution >= 0.6 is 15.9 Å². The Balaban J connectivity index is 2.43. The second-order valence-corrected chi connectivity index (χ2v) is 5.63. The van der Waals surface area contributed by atoms with Gasteiger partial charge in [0.15, 0.2) is 0 Å². The van der Waals surface area contributed by atoms with Gasteiger partial charge in [-0.15, -0.1) is 0 Å². The van der Waals surface area contributed by atoms with Gasteiger partial charge in [-0.25, -0.2) is 0 Å². The summed E-state index contributed by atoms with van der Waals surface area (Å²) in [6.45, 7) is 6.91. The summed E-state index contributed by atoms with van der Waals surface area (Å²) in [6.07, 6.45) is 2.33. The number of para-hydroxylation sites is 1. The molecular formula is C13H18BrN. The molecule has 15 heavy (non-hydrogen) atoms. The maximum absolute atomic E-state index is 3.69. The van der Waals surface area contributed by atoms with Gasteiger partial charge in [0.1, 0.15) is 0 Å². The molecule has 2 atom stereocenters. The zero-order chi connectivity index (χ0) is 11.1. The minimum Gasteiger partial charge on any atom is -0.378 e. The summed E-state index contributed by atoms with van der Waals surface area (Å²) in [5.41, 5.74) is 2.96. The van der Waals surface area contributed by atoms with Crippen molar-refractivity contribution in [3.8, 4) is 0 Å². The Labute approximate surface area is 100 Å². The molecule has 1 N–H and O–H groups in total. The lowest BCUT2D eigenvalue weighted by atomic mass is 9.77. The van der Waals surface area contributed by atoms with Gasteiger partial charge in [0.05, 0.1) is 5.69 Å². The van der Waals surface area contributed by atoms with Gasteiger partial charge in [-0.05, 0) is 53.2 Å². The monoisotopic (exact) mass is 267 g/mol. The van der Waals surface area contributed by atoms with Crippen molar-refractivity contribution < 1.29 is 0 Å². The van der Waals surface area contributed by atoms with Crippen LogP contribution in [0.2, 0.25) is 0 Å². The first-order valence-electron chi connectivity index (χ1n) is 5.62. The molecular weight excluding hydrogens is 250 g/mol. The van der Waals surface area contributed by atoms with Crippen molar-refractivity contribution in [3.05, 3.63) is 28.2 Å². The summed E-state index contributed by atoms with van der Waals surface area (Å²) in [4.78, 5) is 0. The van der Waals surface area contributed by atoms with E-state index in [-0.39, 0.29) is 5.54 Å². The van der Waals surface area contributed by atoms with Crippen LogP contribution in [0.1, 0.15) is 32.8 Å². The van der Waals surface area contributed by atoms with Crippen LogP contribution in [0.15, 0.2) is 22.7 Å². The average molecular weight is 268 g/mol. The molecule has 0 fully saturated rings. The summed E-state index contributed by atoms with van der Waals surface area (Å²) in [5.74, 6) is 0.685. The highest BCUT2D eigenvalue weighted by molar-refractivity contribution is 9.10. The summed E-state index contributed by atoms with van der Waals surface area (Å²) >= 11 is 3.62. The van der Waals surface area contributed by atoms with Gasteiger partial charge in [0.2, 0.25) is 0 Å². The van der Waals surface area contributed by atoms with Crippen molar-refractivity contribution in [2.24, 2.45) is 5.92 Å². The van der Waals surface area contributed by atoms with Crippen LogP contribution < -0.4 is 5.32 Å². The fraction of sp³-hybridized carbons (Fsp3) is 0.538. The number of hydrogen-bond donors (Lipinski definition) is 1. The molecule has 82 valence electrons. The summed E-state index contributed by atoms with van der Waals surface area (Å²) in [7, 11) is 0. The van der Waals surface area contributed by atoms with E-state index in [0.717, 1.165) is 6.42 Å². The minimum atomic E-state index is 0.233. The van der Waals surface area contributed by atoms with Crippen LogP contribution in [0.4, 0.5) is 5.69 Å². The van der Waals surface area contributed by atoms with Crippen LogP contribution in [0.5, 0.6) is 0 Å². The molecule has 1 heterocycles. The first kappa shape index (κ1) is 11.0. The molecule has 1 aromatic carbocycles. The number of rotatable bonds is 1. The van der Waals surface area contributed by atoms with Crippen molar-refractivity contribution >= 4 is 21.6 Å². The fourth-order valence-electron chi connectivity index (χ4n) is 2.28. The maximum atomic E-state index is 3.69. The predicted molar refractivity (Wildman–Crippen MR) is 69.3 cm³/mol. The third kappa shape index (κ3) is 1.80. The Morgan fingerprint density at radius 2 is 2.27 bits per heavy atom. The number of anilines is 1. The van der Waals surface area contributed by atoms with E-state index in [4.69, 9.17) is 0 Å². The molecule has 0 saturated carbocycles. The van der Waals surface area contributed by atoms with E-state index in [1.807, 2.05) is 0 Å². The molecule has 0 radical (unpaired) electrons. The second-order valence-electron chi connectivity index (χ2n) is 4.78. The highest BCUT2D eigenvalue weighted by atomic mass is 79.9. The SMILES string of the molecule is CCC1(C)Nc2c(Br)cccc2CC1C. The Kier molecular flexibility index (Phi) is 2.80. The minimum absolute atomic E-state index is 0.233.